The predicted octanol–water partition coefficient (Wildman–Crippen LogP) is 0.982. The fraction of sp³-hybridized carbons (Fsp3) is 0.867. The Kier molecular flexibility index (Phi) is 4.08. The van der Waals surface area contributed by atoms with Gasteiger partial charge in [-0.2, -0.15) is 0 Å². The van der Waals surface area contributed by atoms with Crippen molar-refractivity contribution in [1.29, 1.82) is 0 Å². The van der Waals surface area contributed by atoms with E-state index in [0.717, 1.165) is 38.3 Å². The van der Waals surface area contributed by atoms with Crippen molar-refractivity contribution in [2.45, 2.75) is 44.7 Å². The van der Waals surface area contributed by atoms with Gasteiger partial charge in [-0.3, -0.25) is 14.6 Å². The number of nitrogens with zero attached hydrogens (tertiary/aromatic N) is 3. The predicted molar refractivity (Wildman–Crippen MR) is 75.7 cm³/mol. The fourth-order valence-electron chi connectivity index (χ4n) is 3.91. The number of carbonyl (C=O) groups excluding carboxylic acids is 1. The van der Waals surface area contributed by atoms with E-state index in [0.29, 0.717) is 0 Å². The van der Waals surface area contributed by atoms with Crippen LogP contribution in [0.25, 0.3) is 0 Å². The van der Waals surface area contributed by atoms with Gasteiger partial charge in [0.05, 0.1) is 0 Å². The Morgan fingerprint density at radius 1 is 1.05 bits per heavy atom. The first-order valence-corrected chi connectivity index (χ1v) is 7.79. The lowest BCUT2D eigenvalue weighted by atomic mass is 10.0. The second kappa shape index (κ2) is 5.80. The molecule has 4 nitrogen and oxygen atoms in total. The molecule has 0 spiro atoms. The highest BCUT2D eigenvalue weighted by molar-refractivity contribution is 5.73. The Morgan fingerprint density at radius 3 is 2.26 bits per heavy atom. The Morgan fingerprint density at radius 2 is 1.68 bits per heavy atom. The first kappa shape index (κ1) is 13.4. The topological polar surface area (TPSA) is 26.8 Å². The third-order valence-electron chi connectivity index (χ3n) is 5.14. The molecule has 3 rings (SSSR count). The Balaban J connectivity index is 1.42. The van der Waals surface area contributed by atoms with Gasteiger partial charge in [0, 0.05) is 58.3 Å². The third kappa shape index (κ3) is 2.95. The number of carbonyl (C=O) groups is 1. The molecule has 107 valence electrons. The monoisotopic (exact) mass is 264 g/mol. The minimum Gasteiger partial charge on any atom is -0.340 e. The molecule has 0 unspecified atom stereocenters. The summed E-state index contributed by atoms with van der Waals surface area (Å²) in [6, 6.07) is 1.66. The zero-order chi connectivity index (χ0) is 13.2. The molecule has 4 heteroatoms. The Labute approximate surface area is 116 Å². The summed E-state index contributed by atoms with van der Waals surface area (Å²) in [7, 11) is 0. The molecule has 19 heavy (non-hydrogen) atoms. The van der Waals surface area contributed by atoms with Gasteiger partial charge >= 0.3 is 0 Å². The quantitative estimate of drug-likeness (QED) is 0.760. The summed E-state index contributed by atoms with van der Waals surface area (Å²) in [5, 5.41) is 0. The molecule has 0 saturated carbocycles. The minimum atomic E-state index is 0.226. The van der Waals surface area contributed by atoms with E-state index in [1.165, 1.54) is 38.8 Å². The van der Waals surface area contributed by atoms with Gasteiger partial charge in [-0.05, 0) is 32.1 Å². The lowest BCUT2D eigenvalue weighted by Crippen LogP contribution is -2.51. The summed E-state index contributed by atoms with van der Waals surface area (Å²) >= 11 is 0. The summed E-state index contributed by atoms with van der Waals surface area (Å²) in [6.07, 6.45) is 7.90. The average Bonchev–Trinajstić information content (AvgIpc) is 2.65. The lowest BCUT2D eigenvalue weighted by Gasteiger charge is -2.38. The van der Waals surface area contributed by atoms with Crippen LogP contribution in [0, 0.1) is 6.42 Å². The van der Waals surface area contributed by atoms with Gasteiger partial charge in [0.2, 0.25) is 5.91 Å². The molecule has 3 heterocycles. The molecule has 1 radical (unpaired) electrons. The van der Waals surface area contributed by atoms with Crippen molar-refractivity contribution >= 4 is 5.91 Å². The van der Waals surface area contributed by atoms with Crippen LogP contribution in [0.5, 0.6) is 0 Å². The van der Waals surface area contributed by atoms with Gasteiger partial charge in [0.1, 0.15) is 0 Å². The zero-order valence-electron chi connectivity index (χ0n) is 12.1. The van der Waals surface area contributed by atoms with E-state index < -0.39 is 0 Å². The normalized spacial score (nSPS) is 32.8. The second-order valence-electron chi connectivity index (χ2n) is 6.23. The Bertz CT molecular complexity index is 309. The molecule has 0 aromatic carbocycles. The first-order valence-electron chi connectivity index (χ1n) is 7.79. The number of hydrogen-bond donors (Lipinski definition) is 0. The molecular formula is C15H26N3O. The van der Waals surface area contributed by atoms with Gasteiger partial charge in [-0.15, -0.1) is 0 Å². The van der Waals surface area contributed by atoms with E-state index in [1.54, 1.807) is 6.92 Å². The van der Waals surface area contributed by atoms with Gasteiger partial charge in [0.25, 0.3) is 0 Å². The van der Waals surface area contributed by atoms with E-state index in [1.807, 2.05) is 4.90 Å². The molecule has 2 atom stereocenters. The van der Waals surface area contributed by atoms with Crippen LogP contribution in [0.2, 0.25) is 0 Å². The van der Waals surface area contributed by atoms with Gasteiger partial charge in [0.15, 0.2) is 0 Å². The van der Waals surface area contributed by atoms with Crippen molar-refractivity contribution in [3.8, 4) is 0 Å². The third-order valence-corrected chi connectivity index (χ3v) is 5.14. The second-order valence-corrected chi connectivity index (χ2v) is 6.23. The summed E-state index contributed by atoms with van der Waals surface area (Å²) in [5.41, 5.74) is 0. The number of rotatable bonds is 3. The molecular weight excluding hydrogens is 238 g/mol. The van der Waals surface area contributed by atoms with E-state index in [9.17, 15) is 4.79 Å². The van der Waals surface area contributed by atoms with Gasteiger partial charge < -0.3 is 4.90 Å². The summed E-state index contributed by atoms with van der Waals surface area (Å²) in [6.45, 7) is 8.01. The van der Waals surface area contributed by atoms with Crippen LogP contribution in [0.3, 0.4) is 0 Å². The largest absolute Gasteiger partial charge is 0.340 e. The number of amides is 1. The summed E-state index contributed by atoms with van der Waals surface area (Å²) in [5.74, 6) is 0.226. The minimum absolute atomic E-state index is 0.226. The molecule has 0 aliphatic carbocycles. The zero-order valence-corrected chi connectivity index (χ0v) is 12.1. The highest BCUT2D eigenvalue weighted by Crippen LogP contribution is 2.34. The smallest absolute Gasteiger partial charge is 0.219 e. The first-order chi connectivity index (χ1) is 9.24. The van der Waals surface area contributed by atoms with Crippen LogP contribution in [0.4, 0.5) is 0 Å². The van der Waals surface area contributed by atoms with Crippen molar-refractivity contribution in [2.24, 2.45) is 0 Å². The summed E-state index contributed by atoms with van der Waals surface area (Å²) < 4.78 is 0. The molecule has 3 aliphatic rings. The van der Waals surface area contributed by atoms with Gasteiger partial charge in [-0.1, -0.05) is 0 Å². The van der Waals surface area contributed by atoms with Crippen LogP contribution < -0.4 is 0 Å². The van der Waals surface area contributed by atoms with Gasteiger partial charge in [-0.25, -0.2) is 0 Å². The molecule has 2 bridgehead atoms. The van der Waals surface area contributed by atoms with Crippen LogP contribution in [-0.2, 0) is 4.79 Å². The maximum atomic E-state index is 11.3. The maximum absolute atomic E-state index is 11.3. The maximum Gasteiger partial charge on any atom is 0.219 e. The van der Waals surface area contributed by atoms with Crippen molar-refractivity contribution in [3.05, 3.63) is 6.42 Å². The van der Waals surface area contributed by atoms with E-state index >= 15 is 0 Å². The molecule has 0 aromatic heterocycles. The number of piperidine rings is 1. The number of hydrogen-bond acceptors (Lipinski definition) is 3. The molecule has 3 aliphatic heterocycles. The van der Waals surface area contributed by atoms with Crippen LogP contribution >= 0.6 is 0 Å². The lowest BCUT2D eigenvalue weighted by molar-refractivity contribution is -0.130. The van der Waals surface area contributed by atoms with E-state index in [-0.39, 0.29) is 5.91 Å². The molecule has 3 fully saturated rings. The summed E-state index contributed by atoms with van der Waals surface area (Å²) in [4.78, 5) is 18.5. The average molecular weight is 264 g/mol. The fourth-order valence-corrected chi connectivity index (χ4v) is 3.91. The van der Waals surface area contributed by atoms with Crippen LogP contribution in [0.15, 0.2) is 0 Å². The molecule has 1 amide bonds. The molecule has 3 saturated heterocycles. The Hall–Kier alpha value is -0.610. The highest BCUT2D eigenvalue weighted by atomic mass is 16.2. The number of piperazine rings is 1. The van der Waals surface area contributed by atoms with Crippen molar-refractivity contribution < 1.29 is 4.79 Å². The van der Waals surface area contributed by atoms with E-state index in [2.05, 4.69) is 16.2 Å². The van der Waals surface area contributed by atoms with Crippen molar-refractivity contribution in [1.82, 2.24) is 14.7 Å². The van der Waals surface area contributed by atoms with Crippen molar-refractivity contribution in [2.75, 3.05) is 39.3 Å². The van der Waals surface area contributed by atoms with Crippen LogP contribution in [-0.4, -0.2) is 72.0 Å². The standard InChI is InChI=1S/C15H26N3O/c1-13(19)17-10-7-16(8-11-17)9-12-18-14-3-2-4-15(18)6-5-14/h2,14-15H,3-12H2,1H3/t14-,15+. The van der Waals surface area contributed by atoms with E-state index in [4.69, 9.17) is 0 Å². The molecule has 0 aromatic rings. The SMILES string of the molecule is CC(=O)N1CCN(CCN2[C@@H]3C[CH]C[C@H]2CC3)CC1. The van der Waals surface area contributed by atoms with Crippen LogP contribution in [0.1, 0.15) is 32.6 Å². The highest BCUT2D eigenvalue weighted by Gasteiger charge is 2.36. The molecule has 0 N–H and O–H groups in total. The number of fused-ring (bicyclic) bond motifs is 2. The van der Waals surface area contributed by atoms with Crippen molar-refractivity contribution in [3.63, 3.8) is 0 Å².